The predicted molar refractivity (Wildman–Crippen MR) is 54.8 cm³/mol. The van der Waals surface area contributed by atoms with Crippen LogP contribution < -0.4 is 0 Å². The van der Waals surface area contributed by atoms with Crippen molar-refractivity contribution in [3.8, 4) is 0 Å². The lowest BCUT2D eigenvalue weighted by Crippen LogP contribution is -2.46. The number of rotatable bonds is 0. The molecule has 2 saturated carbocycles. The second kappa shape index (κ2) is 2.69. The molecule has 0 aromatic rings. The molecule has 2 nitrogen and oxygen atoms in total. The van der Waals surface area contributed by atoms with Gasteiger partial charge in [0.1, 0.15) is 0 Å². The number of carbonyl (C=O) groups excluding carboxylic acids is 1. The van der Waals surface area contributed by atoms with Crippen molar-refractivity contribution in [3.05, 3.63) is 12.2 Å². The molecule has 0 aromatic heterocycles. The molecule has 0 aromatic carbocycles. The molecule has 0 heterocycles. The van der Waals surface area contributed by atoms with Crippen LogP contribution in [0.25, 0.3) is 0 Å². The van der Waals surface area contributed by atoms with Crippen LogP contribution in [0.4, 0.5) is 0 Å². The molecule has 0 amide bonds. The quantitative estimate of drug-likeness (QED) is 0.599. The first-order valence-electron chi connectivity index (χ1n) is 5.32. The first-order valence-corrected chi connectivity index (χ1v) is 5.32. The highest BCUT2D eigenvalue weighted by atomic mass is 16.3. The van der Waals surface area contributed by atoms with Crippen molar-refractivity contribution >= 4 is 5.78 Å². The average molecular weight is 194 g/mol. The van der Waals surface area contributed by atoms with E-state index in [4.69, 9.17) is 0 Å². The van der Waals surface area contributed by atoms with E-state index in [-0.39, 0.29) is 22.7 Å². The van der Waals surface area contributed by atoms with E-state index in [1.54, 1.807) is 0 Å². The number of aliphatic hydroxyl groups is 1. The highest BCUT2D eigenvalue weighted by Gasteiger charge is 2.58. The second-order valence-electron chi connectivity index (χ2n) is 5.21. The minimum atomic E-state index is -0.266. The number of Topliss-reactive ketones (excluding diaryl/α,β-unsaturated/α-hetero) is 1. The molecule has 2 fully saturated rings. The zero-order valence-corrected chi connectivity index (χ0v) is 8.97. The van der Waals surface area contributed by atoms with Gasteiger partial charge >= 0.3 is 0 Å². The molecule has 2 rings (SSSR count). The minimum Gasteiger partial charge on any atom is -0.393 e. The molecule has 14 heavy (non-hydrogen) atoms. The molecule has 3 atom stereocenters. The summed E-state index contributed by atoms with van der Waals surface area (Å²) in [5, 5.41) is 10.0. The lowest BCUT2D eigenvalue weighted by Gasteiger charge is -2.47. The third kappa shape index (κ3) is 0.924. The Bertz CT molecular complexity index is 307. The Kier molecular flexibility index (Phi) is 1.91. The molecule has 0 aliphatic heterocycles. The Labute approximate surface area is 85.0 Å². The second-order valence-corrected chi connectivity index (χ2v) is 5.21. The van der Waals surface area contributed by atoms with Crippen LogP contribution in [0.2, 0.25) is 0 Å². The third-order valence-corrected chi connectivity index (χ3v) is 4.79. The fourth-order valence-corrected chi connectivity index (χ4v) is 3.17. The van der Waals surface area contributed by atoms with E-state index < -0.39 is 0 Å². The molecular weight excluding hydrogens is 176 g/mol. The van der Waals surface area contributed by atoms with Gasteiger partial charge in [-0.15, -0.1) is 0 Å². The van der Waals surface area contributed by atoms with Crippen LogP contribution in [0, 0.1) is 10.8 Å². The zero-order chi connectivity index (χ0) is 10.6. The lowest BCUT2D eigenvalue weighted by molar-refractivity contribution is -0.122. The van der Waals surface area contributed by atoms with E-state index in [0.29, 0.717) is 6.42 Å². The van der Waals surface area contributed by atoms with Gasteiger partial charge in [-0.3, -0.25) is 4.79 Å². The predicted octanol–water partition coefficient (Wildman–Crippen LogP) is 2.07. The van der Waals surface area contributed by atoms with Crippen LogP contribution in [0.3, 0.4) is 0 Å². The molecule has 1 N–H and O–H groups in total. The summed E-state index contributed by atoms with van der Waals surface area (Å²) in [5.74, 6) is 0.194. The van der Waals surface area contributed by atoms with Crippen LogP contribution in [-0.2, 0) is 4.79 Å². The molecule has 0 bridgehead atoms. The number of fused-ring (bicyclic) bond motifs is 1. The summed E-state index contributed by atoms with van der Waals surface area (Å²) in [6.45, 7) is 8.11. The van der Waals surface area contributed by atoms with E-state index in [1.165, 1.54) is 0 Å². The topological polar surface area (TPSA) is 37.3 Å². The van der Waals surface area contributed by atoms with Crippen LogP contribution in [-0.4, -0.2) is 17.0 Å². The monoisotopic (exact) mass is 194 g/mol. The highest BCUT2D eigenvalue weighted by molar-refractivity contribution is 5.97. The van der Waals surface area contributed by atoms with Crippen LogP contribution in [0.15, 0.2) is 12.2 Å². The molecule has 0 radical (unpaired) electrons. The summed E-state index contributed by atoms with van der Waals surface area (Å²) in [4.78, 5) is 11.6. The van der Waals surface area contributed by atoms with Gasteiger partial charge in [0.2, 0.25) is 0 Å². The first-order chi connectivity index (χ1) is 6.42. The van der Waals surface area contributed by atoms with Crippen LogP contribution in [0.1, 0.15) is 39.5 Å². The standard InChI is InChI=1S/C12H18O2/c1-8-9(13)4-6-12(3)10(14)5-7-11(8,12)2/h10,14H,1,4-7H2,2-3H3/t10-,11-,12+/m0/s1. The van der Waals surface area contributed by atoms with E-state index >= 15 is 0 Å². The highest BCUT2D eigenvalue weighted by Crippen LogP contribution is 2.61. The van der Waals surface area contributed by atoms with Crippen LogP contribution >= 0.6 is 0 Å². The summed E-state index contributed by atoms with van der Waals surface area (Å²) in [6.07, 6.45) is 2.80. The molecule has 78 valence electrons. The Morgan fingerprint density at radius 3 is 2.71 bits per heavy atom. The summed E-state index contributed by atoms with van der Waals surface area (Å²) in [6, 6.07) is 0. The van der Waals surface area contributed by atoms with Gasteiger partial charge in [-0.05, 0) is 24.8 Å². The lowest BCUT2D eigenvalue weighted by atomic mass is 9.57. The number of aliphatic hydroxyl groups excluding tert-OH is 1. The molecule has 2 heteroatoms. The fourth-order valence-electron chi connectivity index (χ4n) is 3.17. The Hall–Kier alpha value is -0.630. The van der Waals surface area contributed by atoms with Gasteiger partial charge in [-0.1, -0.05) is 20.4 Å². The Morgan fingerprint density at radius 1 is 1.43 bits per heavy atom. The molecule has 0 unspecified atom stereocenters. The summed E-state index contributed by atoms with van der Waals surface area (Å²) in [7, 11) is 0. The van der Waals surface area contributed by atoms with Crippen molar-refractivity contribution in [2.24, 2.45) is 10.8 Å². The third-order valence-electron chi connectivity index (χ3n) is 4.79. The van der Waals surface area contributed by atoms with Gasteiger partial charge in [0.25, 0.3) is 0 Å². The largest absolute Gasteiger partial charge is 0.393 e. The SMILES string of the molecule is C=C1C(=O)CC[C@]2(C)[C@@H](O)CC[C@@]12C. The summed E-state index contributed by atoms with van der Waals surface area (Å²) < 4.78 is 0. The van der Waals surface area contributed by atoms with Gasteiger partial charge in [0.15, 0.2) is 5.78 Å². The van der Waals surface area contributed by atoms with Gasteiger partial charge in [-0.25, -0.2) is 0 Å². The maximum atomic E-state index is 11.6. The van der Waals surface area contributed by atoms with Gasteiger partial charge in [0, 0.05) is 17.3 Å². The fraction of sp³-hybridized carbons (Fsp3) is 0.750. The Balaban J connectivity index is 2.45. The summed E-state index contributed by atoms with van der Waals surface area (Å²) >= 11 is 0. The molecule has 0 spiro atoms. The molecule has 2 aliphatic carbocycles. The van der Waals surface area contributed by atoms with Crippen molar-refractivity contribution in [2.45, 2.75) is 45.6 Å². The van der Waals surface area contributed by atoms with Crippen molar-refractivity contribution in [2.75, 3.05) is 0 Å². The normalized spacial score (nSPS) is 48.1. The minimum absolute atomic E-state index is 0.127. The average Bonchev–Trinajstić information content (AvgIpc) is 2.39. The number of allylic oxidation sites excluding steroid dienone is 1. The first kappa shape index (κ1) is 9.91. The number of carbonyl (C=O) groups is 1. The van der Waals surface area contributed by atoms with Crippen molar-refractivity contribution < 1.29 is 9.90 Å². The number of ketones is 1. The smallest absolute Gasteiger partial charge is 0.158 e. The number of hydrogen-bond donors (Lipinski definition) is 1. The maximum absolute atomic E-state index is 11.6. The van der Waals surface area contributed by atoms with E-state index in [9.17, 15) is 9.90 Å². The zero-order valence-electron chi connectivity index (χ0n) is 8.97. The van der Waals surface area contributed by atoms with Crippen LogP contribution in [0.5, 0.6) is 0 Å². The van der Waals surface area contributed by atoms with Crippen molar-refractivity contribution in [3.63, 3.8) is 0 Å². The van der Waals surface area contributed by atoms with E-state index in [0.717, 1.165) is 24.8 Å². The van der Waals surface area contributed by atoms with Gasteiger partial charge < -0.3 is 5.11 Å². The number of hydrogen-bond acceptors (Lipinski definition) is 2. The van der Waals surface area contributed by atoms with Gasteiger partial charge in [-0.2, -0.15) is 0 Å². The molecular formula is C12H18O2. The molecule has 2 aliphatic rings. The summed E-state index contributed by atoms with van der Waals surface area (Å²) in [5.41, 5.74) is 0.447. The van der Waals surface area contributed by atoms with E-state index in [2.05, 4.69) is 20.4 Å². The van der Waals surface area contributed by atoms with E-state index in [1.807, 2.05) is 0 Å². The Morgan fingerprint density at radius 2 is 2.07 bits per heavy atom. The van der Waals surface area contributed by atoms with Crippen molar-refractivity contribution in [1.82, 2.24) is 0 Å². The van der Waals surface area contributed by atoms with Crippen molar-refractivity contribution in [1.29, 1.82) is 0 Å². The maximum Gasteiger partial charge on any atom is 0.158 e. The molecule has 0 saturated heterocycles. The van der Waals surface area contributed by atoms with Gasteiger partial charge in [0.05, 0.1) is 6.10 Å².